The number of halogens is 1. The number of furan rings is 1. The number of carbonyl (C=O) groups excluding carboxylic acids is 1. The molecule has 2 fully saturated rings. The number of rotatable bonds is 3. The maximum atomic E-state index is 12.8. The molecule has 2 aliphatic rings. The molecule has 1 saturated carbocycles. The monoisotopic (exact) mass is 376 g/mol. The Bertz CT molecular complexity index is 723. The van der Waals surface area contributed by atoms with E-state index in [1.807, 2.05) is 29.2 Å². The van der Waals surface area contributed by atoms with Crippen molar-refractivity contribution in [1.29, 1.82) is 0 Å². The zero-order valence-electron chi connectivity index (χ0n) is 13.1. The molecular weight excluding hydrogens is 356 g/mol. The molecule has 0 radical (unpaired) electrons. The first-order valence-corrected chi connectivity index (χ1v) is 9.19. The van der Waals surface area contributed by atoms with E-state index in [1.165, 1.54) is 19.4 Å². The van der Waals surface area contributed by atoms with E-state index >= 15 is 0 Å². The van der Waals surface area contributed by atoms with E-state index in [2.05, 4.69) is 20.8 Å². The minimum absolute atomic E-state index is 0.0191. The zero-order chi connectivity index (χ0) is 15.8. The molecule has 1 saturated heterocycles. The van der Waals surface area contributed by atoms with Crippen LogP contribution in [0.1, 0.15) is 29.8 Å². The first-order chi connectivity index (χ1) is 11.2. The van der Waals surface area contributed by atoms with Gasteiger partial charge >= 0.3 is 0 Å². The Morgan fingerprint density at radius 3 is 2.87 bits per heavy atom. The standard InChI is InChI=1S/C18H21BrN2O2/c19-15-4-5-16-14(10-15)11-17(23-16)18(22)21-7-1-6-20(8-9-21)12-13-2-3-13/h4-5,10-11,13H,1-3,6-9,12H2. The molecule has 1 aromatic heterocycles. The molecule has 5 heteroatoms. The summed E-state index contributed by atoms with van der Waals surface area (Å²) in [4.78, 5) is 17.2. The van der Waals surface area contributed by atoms with Crippen molar-refractivity contribution in [3.05, 3.63) is 34.5 Å². The summed E-state index contributed by atoms with van der Waals surface area (Å²) in [5.41, 5.74) is 0.765. The number of benzene rings is 1. The maximum Gasteiger partial charge on any atom is 0.289 e. The molecule has 1 aliphatic carbocycles. The van der Waals surface area contributed by atoms with Crippen molar-refractivity contribution in [3.63, 3.8) is 0 Å². The summed E-state index contributed by atoms with van der Waals surface area (Å²) >= 11 is 3.45. The highest BCUT2D eigenvalue weighted by Gasteiger charge is 2.27. The third-order valence-electron chi connectivity index (χ3n) is 4.78. The molecule has 1 aromatic carbocycles. The fraction of sp³-hybridized carbons (Fsp3) is 0.500. The normalized spacial score (nSPS) is 20.0. The van der Waals surface area contributed by atoms with Gasteiger partial charge in [-0.05, 0) is 56.0 Å². The van der Waals surface area contributed by atoms with Crippen LogP contribution in [0.15, 0.2) is 33.2 Å². The van der Waals surface area contributed by atoms with Gasteiger partial charge in [-0.3, -0.25) is 4.79 Å². The molecule has 1 amide bonds. The van der Waals surface area contributed by atoms with Crippen molar-refractivity contribution in [2.24, 2.45) is 5.92 Å². The highest BCUT2D eigenvalue weighted by molar-refractivity contribution is 9.10. The van der Waals surface area contributed by atoms with E-state index in [9.17, 15) is 4.79 Å². The first kappa shape index (κ1) is 15.2. The van der Waals surface area contributed by atoms with Crippen LogP contribution in [0.4, 0.5) is 0 Å². The van der Waals surface area contributed by atoms with Crippen molar-refractivity contribution in [2.45, 2.75) is 19.3 Å². The topological polar surface area (TPSA) is 36.7 Å². The zero-order valence-corrected chi connectivity index (χ0v) is 14.7. The molecule has 23 heavy (non-hydrogen) atoms. The lowest BCUT2D eigenvalue weighted by Gasteiger charge is -2.21. The van der Waals surface area contributed by atoms with Gasteiger partial charge in [-0.15, -0.1) is 0 Å². The largest absolute Gasteiger partial charge is 0.451 e. The Morgan fingerprint density at radius 2 is 2.04 bits per heavy atom. The fourth-order valence-electron chi connectivity index (χ4n) is 3.30. The predicted octanol–water partition coefficient (Wildman–Crippen LogP) is 3.75. The second-order valence-electron chi connectivity index (χ2n) is 6.68. The second-order valence-corrected chi connectivity index (χ2v) is 7.60. The van der Waals surface area contributed by atoms with Crippen molar-refractivity contribution >= 4 is 32.8 Å². The SMILES string of the molecule is O=C(c1cc2cc(Br)ccc2o1)N1CCCN(CC2CC2)CC1. The van der Waals surface area contributed by atoms with Crippen molar-refractivity contribution in [2.75, 3.05) is 32.7 Å². The molecule has 0 atom stereocenters. The van der Waals surface area contributed by atoms with Crippen molar-refractivity contribution < 1.29 is 9.21 Å². The van der Waals surface area contributed by atoms with Gasteiger partial charge < -0.3 is 14.2 Å². The van der Waals surface area contributed by atoms with Crippen LogP contribution in [0.25, 0.3) is 11.0 Å². The molecule has 4 rings (SSSR count). The third kappa shape index (κ3) is 3.45. The van der Waals surface area contributed by atoms with Gasteiger partial charge in [0.2, 0.25) is 0 Å². The number of hydrogen-bond acceptors (Lipinski definition) is 3. The van der Waals surface area contributed by atoms with Gasteiger partial charge in [-0.25, -0.2) is 0 Å². The van der Waals surface area contributed by atoms with Crippen molar-refractivity contribution in [3.8, 4) is 0 Å². The molecule has 0 bridgehead atoms. The number of nitrogens with zero attached hydrogens (tertiary/aromatic N) is 2. The molecule has 2 heterocycles. The Kier molecular flexibility index (Phi) is 4.16. The molecule has 0 spiro atoms. The number of hydrogen-bond donors (Lipinski definition) is 0. The van der Waals surface area contributed by atoms with E-state index in [1.54, 1.807) is 0 Å². The minimum Gasteiger partial charge on any atom is -0.451 e. The average Bonchev–Trinajstić information content (AvgIpc) is 3.30. The molecular formula is C18H21BrN2O2. The van der Waals surface area contributed by atoms with Gasteiger partial charge in [-0.1, -0.05) is 15.9 Å². The van der Waals surface area contributed by atoms with Crippen LogP contribution < -0.4 is 0 Å². The van der Waals surface area contributed by atoms with E-state index in [0.717, 1.165) is 54.0 Å². The van der Waals surface area contributed by atoms with E-state index in [4.69, 9.17) is 4.42 Å². The highest BCUT2D eigenvalue weighted by atomic mass is 79.9. The Morgan fingerprint density at radius 1 is 1.17 bits per heavy atom. The maximum absolute atomic E-state index is 12.8. The third-order valence-corrected chi connectivity index (χ3v) is 5.27. The minimum atomic E-state index is 0.0191. The lowest BCUT2D eigenvalue weighted by atomic mass is 10.2. The molecule has 4 nitrogen and oxygen atoms in total. The van der Waals surface area contributed by atoms with Crippen LogP contribution in [0.2, 0.25) is 0 Å². The molecule has 0 unspecified atom stereocenters. The summed E-state index contributed by atoms with van der Waals surface area (Å²) in [5.74, 6) is 1.38. The van der Waals surface area contributed by atoms with Gasteiger partial charge in [0.15, 0.2) is 5.76 Å². The Balaban J connectivity index is 1.46. The summed E-state index contributed by atoms with van der Waals surface area (Å²) in [6, 6.07) is 7.67. The van der Waals surface area contributed by atoms with Crippen LogP contribution in [-0.4, -0.2) is 48.4 Å². The van der Waals surface area contributed by atoms with Crippen molar-refractivity contribution in [1.82, 2.24) is 9.80 Å². The van der Waals surface area contributed by atoms with Gasteiger partial charge in [-0.2, -0.15) is 0 Å². The van der Waals surface area contributed by atoms with E-state index < -0.39 is 0 Å². The quantitative estimate of drug-likeness (QED) is 0.818. The first-order valence-electron chi connectivity index (χ1n) is 8.40. The number of amides is 1. The highest BCUT2D eigenvalue weighted by Crippen LogP contribution is 2.30. The van der Waals surface area contributed by atoms with E-state index in [-0.39, 0.29) is 5.91 Å². The number of fused-ring (bicyclic) bond motifs is 1. The van der Waals surface area contributed by atoms with Crippen LogP contribution in [0.3, 0.4) is 0 Å². The van der Waals surface area contributed by atoms with Crippen LogP contribution in [0, 0.1) is 5.92 Å². The fourth-order valence-corrected chi connectivity index (χ4v) is 3.68. The Labute approximate surface area is 144 Å². The summed E-state index contributed by atoms with van der Waals surface area (Å²) < 4.78 is 6.75. The molecule has 0 N–H and O–H groups in total. The lowest BCUT2D eigenvalue weighted by Crippen LogP contribution is -2.35. The van der Waals surface area contributed by atoms with Crippen LogP contribution in [-0.2, 0) is 0 Å². The molecule has 1 aliphatic heterocycles. The Hall–Kier alpha value is -1.33. The smallest absolute Gasteiger partial charge is 0.289 e. The van der Waals surface area contributed by atoms with Gasteiger partial charge in [0.1, 0.15) is 5.58 Å². The van der Waals surface area contributed by atoms with Gasteiger partial charge in [0, 0.05) is 36.0 Å². The predicted molar refractivity (Wildman–Crippen MR) is 93.6 cm³/mol. The van der Waals surface area contributed by atoms with Crippen LogP contribution >= 0.6 is 15.9 Å². The van der Waals surface area contributed by atoms with Crippen LogP contribution in [0.5, 0.6) is 0 Å². The average molecular weight is 377 g/mol. The summed E-state index contributed by atoms with van der Waals surface area (Å²) in [6.45, 7) is 4.91. The summed E-state index contributed by atoms with van der Waals surface area (Å²) in [7, 11) is 0. The second kappa shape index (κ2) is 6.29. The molecule has 122 valence electrons. The summed E-state index contributed by atoms with van der Waals surface area (Å²) in [5, 5.41) is 0.966. The van der Waals surface area contributed by atoms with E-state index in [0.29, 0.717) is 5.76 Å². The molecule has 2 aromatic rings. The van der Waals surface area contributed by atoms with Gasteiger partial charge in [0.25, 0.3) is 5.91 Å². The summed E-state index contributed by atoms with van der Waals surface area (Å²) in [6.07, 6.45) is 3.81. The lowest BCUT2D eigenvalue weighted by molar-refractivity contribution is 0.0732. The van der Waals surface area contributed by atoms with Gasteiger partial charge in [0.05, 0.1) is 0 Å². The number of carbonyl (C=O) groups is 1.